The summed E-state index contributed by atoms with van der Waals surface area (Å²) in [5.74, 6) is -0.138. The predicted octanol–water partition coefficient (Wildman–Crippen LogP) is 2.06. The molecule has 120 valence electrons. The van der Waals surface area contributed by atoms with Gasteiger partial charge in [0.05, 0.1) is 25.9 Å². The number of benzene rings is 1. The second kappa shape index (κ2) is 10.0. The van der Waals surface area contributed by atoms with Gasteiger partial charge in [-0.15, -0.1) is 0 Å². The third-order valence-corrected chi connectivity index (χ3v) is 2.39. The number of nitrogens with one attached hydrogen (secondary N) is 1. The smallest absolute Gasteiger partial charge is 0.310 e. The van der Waals surface area contributed by atoms with Gasteiger partial charge in [0.25, 0.3) is 0 Å². The van der Waals surface area contributed by atoms with Crippen LogP contribution in [0.2, 0.25) is 0 Å². The molecule has 7 nitrogen and oxygen atoms in total. The minimum atomic E-state index is -1.06. The van der Waals surface area contributed by atoms with E-state index in [0.29, 0.717) is 17.1 Å². The Kier molecular flexibility index (Phi) is 8.79. The molecule has 0 aliphatic heterocycles. The van der Waals surface area contributed by atoms with E-state index < -0.39 is 5.97 Å². The van der Waals surface area contributed by atoms with Crippen molar-refractivity contribution in [2.75, 3.05) is 26.1 Å². The molecule has 0 aliphatic carbocycles. The Morgan fingerprint density at radius 1 is 1.27 bits per heavy atom. The number of nitriles is 1. The van der Waals surface area contributed by atoms with Gasteiger partial charge in [-0.25, -0.2) is 0 Å². The number of Topliss-reactive ketones (excluding diaryl/α,β-unsaturated/α-hetero) is 1. The van der Waals surface area contributed by atoms with Crippen LogP contribution in [0, 0.1) is 11.3 Å². The quantitative estimate of drug-likeness (QED) is 0.774. The van der Waals surface area contributed by atoms with E-state index in [4.69, 9.17) is 19.8 Å². The van der Waals surface area contributed by atoms with Crippen molar-refractivity contribution >= 4 is 17.4 Å². The van der Waals surface area contributed by atoms with E-state index in [-0.39, 0.29) is 12.2 Å². The summed E-state index contributed by atoms with van der Waals surface area (Å²) in [6.07, 6.45) is -0.361. The monoisotopic (exact) mass is 308 g/mol. The van der Waals surface area contributed by atoms with Crippen molar-refractivity contribution < 1.29 is 24.2 Å². The SMILES string of the molecule is CC(=O)CC(=O)O.CCNc1c(OC)cc(C#N)cc1OC. The van der Waals surface area contributed by atoms with E-state index in [2.05, 4.69) is 11.4 Å². The lowest BCUT2D eigenvalue weighted by atomic mass is 10.2. The number of aliphatic carboxylic acids is 1. The fraction of sp³-hybridized carbons (Fsp3) is 0.400. The highest BCUT2D eigenvalue weighted by Gasteiger charge is 2.11. The van der Waals surface area contributed by atoms with Gasteiger partial charge in [-0.1, -0.05) is 0 Å². The Morgan fingerprint density at radius 3 is 2.00 bits per heavy atom. The molecule has 0 amide bonds. The van der Waals surface area contributed by atoms with Crippen LogP contribution in [-0.2, 0) is 9.59 Å². The highest BCUT2D eigenvalue weighted by molar-refractivity contribution is 5.93. The number of nitrogens with zero attached hydrogens (tertiary/aromatic N) is 1. The van der Waals surface area contributed by atoms with Crippen molar-refractivity contribution in [3.63, 3.8) is 0 Å². The lowest BCUT2D eigenvalue weighted by Gasteiger charge is -2.14. The van der Waals surface area contributed by atoms with Crippen molar-refractivity contribution in [1.29, 1.82) is 5.26 Å². The summed E-state index contributed by atoms with van der Waals surface area (Å²) < 4.78 is 10.4. The van der Waals surface area contributed by atoms with Gasteiger partial charge in [0.2, 0.25) is 0 Å². The zero-order valence-corrected chi connectivity index (χ0v) is 13.1. The second-order valence-corrected chi connectivity index (χ2v) is 4.17. The zero-order valence-electron chi connectivity index (χ0n) is 13.1. The van der Waals surface area contributed by atoms with Crippen LogP contribution in [0.4, 0.5) is 5.69 Å². The summed E-state index contributed by atoms with van der Waals surface area (Å²) in [7, 11) is 3.13. The van der Waals surface area contributed by atoms with Gasteiger partial charge in [0, 0.05) is 18.7 Å². The van der Waals surface area contributed by atoms with Crippen LogP contribution in [-0.4, -0.2) is 37.6 Å². The van der Waals surface area contributed by atoms with E-state index in [1.54, 1.807) is 26.4 Å². The maximum atomic E-state index is 9.87. The molecule has 0 fully saturated rings. The van der Waals surface area contributed by atoms with Crippen LogP contribution >= 0.6 is 0 Å². The molecule has 22 heavy (non-hydrogen) atoms. The van der Waals surface area contributed by atoms with Crippen LogP contribution in [0.5, 0.6) is 11.5 Å². The number of hydrogen-bond donors (Lipinski definition) is 2. The summed E-state index contributed by atoms with van der Waals surface area (Å²) in [6, 6.07) is 5.42. The maximum Gasteiger partial charge on any atom is 0.310 e. The largest absolute Gasteiger partial charge is 0.494 e. The Morgan fingerprint density at radius 2 is 1.77 bits per heavy atom. The average Bonchev–Trinajstić information content (AvgIpc) is 2.46. The lowest BCUT2D eigenvalue weighted by Crippen LogP contribution is -2.02. The fourth-order valence-electron chi connectivity index (χ4n) is 1.54. The van der Waals surface area contributed by atoms with Gasteiger partial charge in [-0.3, -0.25) is 9.59 Å². The number of carbonyl (C=O) groups is 2. The van der Waals surface area contributed by atoms with Crippen LogP contribution in [0.25, 0.3) is 0 Å². The number of hydrogen-bond acceptors (Lipinski definition) is 6. The molecule has 0 atom stereocenters. The number of ether oxygens (including phenoxy) is 2. The predicted molar refractivity (Wildman–Crippen MR) is 81.4 cm³/mol. The molecule has 2 N–H and O–H groups in total. The summed E-state index contributed by atoms with van der Waals surface area (Å²) in [5.41, 5.74) is 1.30. The molecule has 0 aliphatic rings. The zero-order chi connectivity index (χ0) is 17.1. The van der Waals surface area contributed by atoms with Crippen molar-refractivity contribution in [3.05, 3.63) is 17.7 Å². The van der Waals surface area contributed by atoms with Crippen LogP contribution in [0.3, 0.4) is 0 Å². The molecule has 0 radical (unpaired) electrons. The van der Waals surface area contributed by atoms with Gasteiger partial charge in [-0.05, 0) is 13.8 Å². The highest BCUT2D eigenvalue weighted by Crippen LogP contribution is 2.35. The van der Waals surface area contributed by atoms with Crippen molar-refractivity contribution in [2.24, 2.45) is 0 Å². The Bertz CT molecular complexity index is 527. The molecule has 0 saturated heterocycles. The molecule has 7 heteroatoms. The lowest BCUT2D eigenvalue weighted by molar-refractivity contribution is -0.139. The summed E-state index contributed by atoms with van der Waals surface area (Å²) in [4.78, 5) is 19.5. The van der Waals surface area contributed by atoms with Crippen LogP contribution in [0.15, 0.2) is 12.1 Å². The number of ketones is 1. The number of carboxylic acids is 1. The van der Waals surface area contributed by atoms with Crippen LogP contribution < -0.4 is 14.8 Å². The summed E-state index contributed by atoms with van der Waals surface area (Å²) in [5, 5.41) is 19.8. The third-order valence-electron chi connectivity index (χ3n) is 2.39. The maximum absolute atomic E-state index is 9.87. The molecular weight excluding hydrogens is 288 g/mol. The highest BCUT2D eigenvalue weighted by atomic mass is 16.5. The minimum Gasteiger partial charge on any atom is -0.494 e. The number of carboxylic acid groups (broad SMARTS) is 1. The fourth-order valence-corrected chi connectivity index (χ4v) is 1.54. The number of carbonyl (C=O) groups excluding carboxylic acids is 1. The van der Waals surface area contributed by atoms with Crippen LogP contribution in [0.1, 0.15) is 25.8 Å². The first kappa shape index (κ1) is 19.2. The van der Waals surface area contributed by atoms with E-state index in [1.165, 1.54) is 6.92 Å². The van der Waals surface area contributed by atoms with E-state index in [9.17, 15) is 9.59 Å². The first-order chi connectivity index (χ1) is 10.4. The van der Waals surface area contributed by atoms with E-state index in [1.807, 2.05) is 6.92 Å². The van der Waals surface area contributed by atoms with Crippen molar-refractivity contribution in [1.82, 2.24) is 0 Å². The van der Waals surface area contributed by atoms with Gasteiger partial charge < -0.3 is 19.9 Å². The molecule has 0 unspecified atom stereocenters. The Hall–Kier alpha value is -2.75. The first-order valence-electron chi connectivity index (χ1n) is 6.50. The number of anilines is 1. The number of methoxy groups -OCH3 is 2. The Balaban J connectivity index is 0.000000534. The van der Waals surface area contributed by atoms with Gasteiger partial charge in [0.1, 0.15) is 29.4 Å². The molecular formula is C15H20N2O5. The van der Waals surface area contributed by atoms with Gasteiger partial charge >= 0.3 is 5.97 Å². The number of rotatable bonds is 6. The topological polar surface area (TPSA) is 109 Å². The normalized spacial score (nSPS) is 8.86. The second-order valence-electron chi connectivity index (χ2n) is 4.17. The van der Waals surface area contributed by atoms with Gasteiger partial charge in [0.15, 0.2) is 0 Å². The molecule has 0 spiro atoms. The Labute approximate surface area is 129 Å². The molecule has 1 rings (SSSR count). The van der Waals surface area contributed by atoms with E-state index >= 15 is 0 Å². The third kappa shape index (κ3) is 6.61. The standard InChI is InChI=1S/C11H14N2O2.C4H6O3/c1-4-13-11-9(14-2)5-8(7-12)6-10(11)15-3;1-3(5)2-4(6)7/h5-6,13H,4H2,1-3H3;2H2,1H3,(H,6,7). The van der Waals surface area contributed by atoms with E-state index in [0.717, 1.165) is 12.2 Å². The van der Waals surface area contributed by atoms with Gasteiger partial charge in [-0.2, -0.15) is 5.26 Å². The summed E-state index contributed by atoms with van der Waals surface area (Å²) in [6.45, 7) is 3.99. The molecule has 1 aromatic carbocycles. The first-order valence-corrected chi connectivity index (χ1v) is 6.50. The molecule has 0 heterocycles. The molecule has 0 saturated carbocycles. The van der Waals surface area contributed by atoms with Crippen molar-refractivity contribution in [2.45, 2.75) is 20.3 Å². The average molecular weight is 308 g/mol. The minimum absolute atomic E-state index is 0.312. The van der Waals surface area contributed by atoms with Crippen molar-refractivity contribution in [3.8, 4) is 17.6 Å². The summed E-state index contributed by atoms with van der Waals surface area (Å²) >= 11 is 0. The molecule has 1 aromatic rings. The molecule has 0 bridgehead atoms. The molecule has 0 aromatic heterocycles.